The summed E-state index contributed by atoms with van der Waals surface area (Å²) in [6.45, 7) is 7.27. The summed E-state index contributed by atoms with van der Waals surface area (Å²) in [6.07, 6.45) is -0.0736. The van der Waals surface area contributed by atoms with E-state index in [2.05, 4.69) is 5.32 Å². The third-order valence-electron chi connectivity index (χ3n) is 1.80. The fraction of sp³-hybridized carbons (Fsp3) is 0.900. The number of ether oxygens (including phenoxy) is 1. The van der Waals surface area contributed by atoms with Crippen LogP contribution < -0.4 is 5.32 Å². The number of rotatable bonds is 5. The van der Waals surface area contributed by atoms with E-state index in [0.29, 0.717) is 13.0 Å². The van der Waals surface area contributed by atoms with E-state index in [4.69, 9.17) is 9.29 Å². The van der Waals surface area contributed by atoms with Crippen LogP contribution in [0.2, 0.25) is 0 Å². The second-order valence-electron chi connectivity index (χ2n) is 5.07. The lowest BCUT2D eigenvalue weighted by Gasteiger charge is -2.20. The fourth-order valence-corrected chi connectivity index (χ4v) is 2.06. The summed E-state index contributed by atoms with van der Waals surface area (Å²) >= 11 is 0. The van der Waals surface area contributed by atoms with Crippen molar-refractivity contribution in [2.24, 2.45) is 5.92 Å². The van der Waals surface area contributed by atoms with Crippen LogP contribution in [-0.2, 0) is 14.9 Å². The van der Waals surface area contributed by atoms with Crippen molar-refractivity contribution in [3.63, 3.8) is 0 Å². The maximum Gasteiger partial charge on any atom is 0.407 e. The highest BCUT2D eigenvalue weighted by Gasteiger charge is 2.16. The van der Waals surface area contributed by atoms with Crippen LogP contribution in [0.15, 0.2) is 0 Å². The van der Waals surface area contributed by atoms with Gasteiger partial charge in [-0.05, 0) is 33.1 Å². The van der Waals surface area contributed by atoms with Crippen molar-refractivity contribution >= 4 is 16.2 Å². The van der Waals surface area contributed by atoms with Gasteiger partial charge in [0.05, 0.1) is 5.75 Å². The highest BCUT2D eigenvalue weighted by molar-refractivity contribution is 7.85. The van der Waals surface area contributed by atoms with Gasteiger partial charge in [0.1, 0.15) is 5.60 Å². The Kier molecular flexibility index (Phi) is 5.91. The van der Waals surface area contributed by atoms with Crippen molar-refractivity contribution in [3.8, 4) is 0 Å². The van der Waals surface area contributed by atoms with Crippen LogP contribution in [0.25, 0.3) is 0 Å². The number of carbonyl (C=O) groups excluding carboxylic acids is 1. The smallest absolute Gasteiger partial charge is 0.407 e. The van der Waals surface area contributed by atoms with E-state index in [-0.39, 0.29) is 11.7 Å². The number of alkyl carbamates (subject to hydrolysis) is 1. The summed E-state index contributed by atoms with van der Waals surface area (Å²) in [6, 6.07) is 0. The molecule has 102 valence electrons. The third-order valence-corrected chi connectivity index (χ3v) is 2.79. The number of hydrogen-bond acceptors (Lipinski definition) is 4. The summed E-state index contributed by atoms with van der Waals surface area (Å²) in [7, 11) is -3.95. The number of carbonyl (C=O) groups is 1. The minimum Gasteiger partial charge on any atom is -0.444 e. The predicted molar refractivity (Wildman–Crippen MR) is 64.4 cm³/mol. The molecule has 0 saturated heterocycles. The van der Waals surface area contributed by atoms with Crippen LogP contribution in [0.5, 0.6) is 0 Å². The molecule has 0 rings (SSSR count). The van der Waals surface area contributed by atoms with E-state index in [0.717, 1.165) is 0 Å². The van der Waals surface area contributed by atoms with Gasteiger partial charge in [0, 0.05) is 6.54 Å². The van der Waals surface area contributed by atoms with Gasteiger partial charge in [-0.25, -0.2) is 4.79 Å². The molecule has 0 heterocycles. The third kappa shape index (κ3) is 11.4. The first-order valence-electron chi connectivity index (χ1n) is 5.41. The number of nitrogens with one attached hydrogen (secondary N) is 1. The van der Waals surface area contributed by atoms with E-state index in [1.807, 2.05) is 0 Å². The number of hydrogen-bond donors (Lipinski definition) is 2. The molecule has 0 aliphatic rings. The zero-order valence-electron chi connectivity index (χ0n) is 10.7. The molecule has 7 heteroatoms. The summed E-state index contributed by atoms with van der Waals surface area (Å²) < 4.78 is 34.8. The topological polar surface area (TPSA) is 92.7 Å². The van der Waals surface area contributed by atoms with Crippen molar-refractivity contribution in [1.82, 2.24) is 5.32 Å². The molecular formula is C10H21NO5S. The Balaban J connectivity index is 3.81. The van der Waals surface area contributed by atoms with Crippen LogP contribution in [0.3, 0.4) is 0 Å². The Hall–Kier alpha value is -0.820. The van der Waals surface area contributed by atoms with Crippen LogP contribution in [0, 0.1) is 5.92 Å². The minimum atomic E-state index is -3.95. The highest BCUT2D eigenvalue weighted by atomic mass is 32.2. The summed E-state index contributed by atoms with van der Waals surface area (Å²) in [5.74, 6) is -0.525. The second-order valence-corrected chi connectivity index (χ2v) is 6.57. The molecule has 0 aromatic rings. The van der Waals surface area contributed by atoms with Crippen molar-refractivity contribution < 1.29 is 22.5 Å². The monoisotopic (exact) mass is 267 g/mol. The molecule has 2 N–H and O–H groups in total. The Bertz CT molecular complexity index is 344. The van der Waals surface area contributed by atoms with Crippen LogP contribution in [0.1, 0.15) is 34.1 Å². The molecule has 0 fully saturated rings. The van der Waals surface area contributed by atoms with Gasteiger partial charge in [0.25, 0.3) is 10.1 Å². The maximum absolute atomic E-state index is 11.2. The Morgan fingerprint density at radius 2 is 1.94 bits per heavy atom. The van der Waals surface area contributed by atoms with Gasteiger partial charge in [-0.2, -0.15) is 8.42 Å². The van der Waals surface area contributed by atoms with E-state index in [1.54, 1.807) is 27.7 Å². The van der Waals surface area contributed by atoms with Crippen LogP contribution in [-0.4, -0.2) is 37.0 Å². The lowest BCUT2D eigenvalue weighted by molar-refractivity contribution is 0.0526. The molecule has 1 atom stereocenters. The molecule has 1 amide bonds. The van der Waals surface area contributed by atoms with E-state index >= 15 is 0 Å². The average Bonchev–Trinajstić information content (AvgIpc) is 1.95. The summed E-state index contributed by atoms with van der Waals surface area (Å²) in [5, 5.41) is 2.52. The Labute approximate surface area is 102 Å². The van der Waals surface area contributed by atoms with Crippen LogP contribution >= 0.6 is 0 Å². The average molecular weight is 267 g/mol. The van der Waals surface area contributed by atoms with Gasteiger partial charge in [0.15, 0.2) is 0 Å². The molecule has 0 aromatic carbocycles. The molecule has 0 aromatic heterocycles. The SMILES string of the molecule is CC(CCNC(=O)OC(C)(C)C)CS(=O)(=O)O. The van der Waals surface area contributed by atoms with Crippen molar-refractivity contribution in [3.05, 3.63) is 0 Å². The molecular weight excluding hydrogens is 246 g/mol. The Morgan fingerprint density at radius 1 is 1.41 bits per heavy atom. The van der Waals surface area contributed by atoms with Crippen LogP contribution in [0.4, 0.5) is 4.79 Å². The Morgan fingerprint density at radius 3 is 2.35 bits per heavy atom. The standard InChI is InChI=1S/C10H21NO5S/c1-8(7-17(13,14)15)5-6-11-9(12)16-10(2,3)4/h8H,5-7H2,1-4H3,(H,11,12)(H,13,14,15). The lowest BCUT2D eigenvalue weighted by atomic mass is 10.1. The van der Waals surface area contributed by atoms with Gasteiger partial charge in [-0.15, -0.1) is 0 Å². The second kappa shape index (κ2) is 6.20. The summed E-state index contributed by atoms with van der Waals surface area (Å²) in [5.41, 5.74) is -0.551. The normalized spacial score (nSPS) is 14.2. The first-order valence-corrected chi connectivity index (χ1v) is 7.02. The molecule has 0 radical (unpaired) electrons. The minimum absolute atomic E-state index is 0.222. The maximum atomic E-state index is 11.2. The largest absolute Gasteiger partial charge is 0.444 e. The van der Waals surface area contributed by atoms with Gasteiger partial charge in [0.2, 0.25) is 0 Å². The zero-order valence-corrected chi connectivity index (χ0v) is 11.5. The van der Waals surface area contributed by atoms with Crippen molar-refractivity contribution in [2.45, 2.75) is 39.7 Å². The van der Waals surface area contributed by atoms with Crippen molar-refractivity contribution in [1.29, 1.82) is 0 Å². The molecule has 0 aliphatic heterocycles. The molecule has 1 unspecified atom stereocenters. The van der Waals surface area contributed by atoms with Gasteiger partial charge >= 0.3 is 6.09 Å². The zero-order chi connectivity index (χ0) is 13.7. The van der Waals surface area contributed by atoms with Crippen molar-refractivity contribution in [2.75, 3.05) is 12.3 Å². The molecule has 0 spiro atoms. The van der Waals surface area contributed by atoms with Gasteiger partial charge in [-0.1, -0.05) is 6.92 Å². The van der Waals surface area contributed by atoms with Gasteiger partial charge in [-0.3, -0.25) is 4.55 Å². The number of amides is 1. The molecule has 6 nitrogen and oxygen atoms in total. The quantitative estimate of drug-likeness (QED) is 0.735. The van der Waals surface area contributed by atoms with E-state index < -0.39 is 21.8 Å². The molecule has 17 heavy (non-hydrogen) atoms. The fourth-order valence-electron chi connectivity index (χ4n) is 1.18. The van der Waals surface area contributed by atoms with E-state index in [9.17, 15) is 13.2 Å². The van der Waals surface area contributed by atoms with Gasteiger partial charge < -0.3 is 10.1 Å². The first-order chi connectivity index (χ1) is 7.49. The molecule has 0 aliphatic carbocycles. The predicted octanol–water partition coefficient (Wildman–Crippen LogP) is 1.43. The molecule has 0 bridgehead atoms. The summed E-state index contributed by atoms with van der Waals surface area (Å²) in [4.78, 5) is 11.2. The first kappa shape index (κ1) is 16.2. The lowest BCUT2D eigenvalue weighted by Crippen LogP contribution is -2.33. The van der Waals surface area contributed by atoms with E-state index in [1.165, 1.54) is 0 Å². The molecule has 0 saturated carbocycles. The highest BCUT2D eigenvalue weighted by Crippen LogP contribution is 2.07.